The van der Waals surface area contributed by atoms with Gasteiger partial charge < -0.3 is 15.0 Å². The molecule has 1 saturated heterocycles. The molecule has 0 radical (unpaired) electrons. The summed E-state index contributed by atoms with van der Waals surface area (Å²) in [7, 11) is 0. The highest BCUT2D eigenvalue weighted by atomic mass is 16.5. The minimum absolute atomic E-state index is 0.0468. The molecule has 2 rings (SSSR count). The first kappa shape index (κ1) is 18.5. The molecule has 1 N–H and O–H groups in total. The summed E-state index contributed by atoms with van der Waals surface area (Å²) in [5.41, 5.74) is 0.865. The Morgan fingerprint density at radius 1 is 1.44 bits per heavy atom. The van der Waals surface area contributed by atoms with Gasteiger partial charge in [-0.2, -0.15) is 5.26 Å². The maximum atomic E-state index is 12.4. The Balaban J connectivity index is 1.87. The van der Waals surface area contributed by atoms with Gasteiger partial charge in [0.25, 0.3) is 5.91 Å². The summed E-state index contributed by atoms with van der Waals surface area (Å²) in [6.45, 7) is 3.47. The molecule has 0 bridgehead atoms. The van der Waals surface area contributed by atoms with Crippen LogP contribution in [0.4, 0.5) is 0 Å². The largest absolute Gasteiger partial charge is 0.466 e. The second kappa shape index (κ2) is 9.42. The number of esters is 1. The Morgan fingerprint density at radius 2 is 2.20 bits per heavy atom. The van der Waals surface area contributed by atoms with Crippen LogP contribution in [0.5, 0.6) is 0 Å². The fourth-order valence-corrected chi connectivity index (χ4v) is 2.65. The van der Waals surface area contributed by atoms with Crippen LogP contribution >= 0.6 is 0 Å². The molecular weight excluding hydrogens is 320 g/mol. The Bertz CT molecular complexity index is 659. The number of piperidine rings is 1. The smallest absolute Gasteiger partial charge is 0.309 e. The summed E-state index contributed by atoms with van der Waals surface area (Å²) in [5, 5.41) is 12.2. The molecule has 0 aliphatic carbocycles. The molecule has 0 spiro atoms. The van der Waals surface area contributed by atoms with E-state index in [0.717, 1.165) is 5.69 Å². The van der Waals surface area contributed by atoms with Crippen LogP contribution in [0.1, 0.15) is 25.5 Å². The quantitative estimate of drug-likeness (QED) is 0.477. The van der Waals surface area contributed by atoms with Gasteiger partial charge in [-0.25, -0.2) is 0 Å². The van der Waals surface area contributed by atoms with Crippen LogP contribution in [-0.4, -0.2) is 41.5 Å². The zero-order chi connectivity index (χ0) is 18.1. The van der Waals surface area contributed by atoms with Crippen molar-refractivity contribution in [3.63, 3.8) is 0 Å². The van der Waals surface area contributed by atoms with Crippen LogP contribution in [0.2, 0.25) is 0 Å². The minimum atomic E-state index is -0.321. The van der Waals surface area contributed by atoms with Crippen molar-refractivity contribution in [2.75, 3.05) is 19.7 Å². The predicted molar refractivity (Wildman–Crippen MR) is 90.7 cm³/mol. The number of hydrogen-bond acceptors (Lipinski definition) is 6. The Morgan fingerprint density at radius 3 is 2.80 bits per heavy atom. The lowest BCUT2D eigenvalue weighted by Crippen LogP contribution is -2.41. The van der Waals surface area contributed by atoms with E-state index in [1.165, 1.54) is 6.20 Å². The van der Waals surface area contributed by atoms with E-state index < -0.39 is 0 Å². The highest BCUT2D eigenvalue weighted by Crippen LogP contribution is 2.20. The summed E-state index contributed by atoms with van der Waals surface area (Å²) in [6, 6.07) is 7.49. The molecule has 25 heavy (non-hydrogen) atoms. The van der Waals surface area contributed by atoms with E-state index in [2.05, 4.69) is 10.3 Å². The molecule has 0 atom stereocenters. The molecule has 1 aliphatic heterocycles. The number of likely N-dealkylation sites (tertiary alicyclic amines) is 1. The van der Waals surface area contributed by atoms with Gasteiger partial charge in [0.05, 0.1) is 24.8 Å². The molecule has 1 aromatic heterocycles. The highest BCUT2D eigenvalue weighted by Gasteiger charge is 2.29. The minimum Gasteiger partial charge on any atom is -0.466 e. The zero-order valence-corrected chi connectivity index (χ0v) is 14.3. The van der Waals surface area contributed by atoms with Crippen molar-refractivity contribution in [3.05, 3.63) is 41.9 Å². The fourth-order valence-electron chi connectivity index (χ4n) is 2.65. The number of nitrogens with zero attached hydrogens (tertiary/aromatic N) is 3. The van der Waals surface area contributed by atoms with E-state index in [1.807, 2.05) is 24.3 Å². The van der Waals surface area contributed by atoms with Gasteiger partial charge >= 0.3 is 5.97 Å². The van der Waals surface area contributed by atoms with Crippen LogP contribution < -0.4 is 5.32 Å². The molecular formula is C18H22N4O3. The molecule has 2 heterocycles. The first-order chi connectivity index (χ1) is 12.2. The van der Waals surface area contributed by atoms with Crippen LogP contribution in [-0.2, 0) is 20.9 Å². The van der Waals surface area contributed by atoms with Crippen molar-refractivity contribution < 1.29 is 14.3 Å². The third kappa shape index (κ3) is 5.31. The van der Waals surface area contributed by atoms with Crippen molar-refractivity contribution in [1.29, 1.82) is 5.26 Å². The predicted octanol–water partition coefficient (Wildman–Crippen LogP) is 1.38. The highest BCUT2D eigenvalue weighted by molar-refractivity contribution is 5.97. The number of nitriles is 1. The molecule has 0 unspecified atom stereocenters. The average Bonchev–Trinajstić information content (AvgIpc) is 2.66. The van der Waals surface area contributed by atoms with E-state index in [-0.39, 0.29) is 23.4 Å². The number of hydrogen-bond donors (Lipinski definition) is 1. The molecule has 1 fully saturated rings. The van der Waals surface area contributed by atoms with Crippen LogP contribution in [0, 0.1) is 17.2 Å². The molecule has 7 nitrogen and oxygen atoms in total. The van der Waals surface area contributed by atoms with Crippen LogP contribution in [0.15, 0.2) is 36.2 Å². The molecule has 1 aliphatic rings. The van der Waals surface area contributed by atoms with Gasteiger partial charge in [0, 0.05) is 25.5 Å². The van der Waals surface area contributed by atoms with Gasteiger partial charge in [-0.3, -0.25) is 14.6 Å². The van der Waals surface area contributed by atoms with Crippen LogP contribution in [0.25, 0.3) is 0 Å². The lowest BCUT2D eigenvalue weighted by Gasteiger charge is -2.30. The second-order valence-corrected chi connectivity index (χ2v) is 5.69. The number of nitrogens with one attached hydrogen (secondary N) is 1. The van der Waals surface area contributed by atoms with Gasteiger partial charge in [0.1, 0.15) is 11.6 Å². The van der Waals surface area contributed by atoms with Gasteiger partial charge in [-0.05, 0) is 31.9 Å². The normalized spacial score (nSPS) is 15.4. The van der Waals surface area contributed by atoms with Gasteiger partial charge in [0.2, 0.25) is 0 Å². The number of ether oxygens (including phenoxy) is 1. The number of carbonyl (C=O) groups excluding carboxylic acids is 2. The summed E-state index contributed by atoms with van der Waals surface area (Å²) < 4.78 is 5.02. The van der Waals surface area contributed by atoms with E-state index in [1.54, 1.807) is 18.0 Å². The molecule has 1 amide bonds. The second-order valence-electron chi connectivity index (χ2n) is 5.69. The first-order valence-electron chi connectivity index (χ1n) is 8.35. The molecule has 132 valence electrons. The first-order valence-corrected chi connectivity index (χ1v) is 8.35. The van der Waals surface area contributed by atoms with Crippen molar-refractivity contribution in [1.82, 2.24) is 15.2 Å². The van der Waals surface area contributed by atoms with Crippen molar-refractivity contribution in [2.45, 2.75) is 26.3 Å². The lowest BCUT2D eigenvalue weighted by atomic mass is 9.96. The summed E-state index contributed by atoms with van der Waals surface area (Å²) in [4.78, 5) is 29.9. The Labute approximate surface area is 147 Å². The summed E-state index contributed by atoms with van der Waals surface area (Å²) in [5.74, 6) is -0.693. The maximum Gasteiger partial charge on any atom is 0.309 e. The van der Waals surface area contributed by atoms with Crippen molar-refractivity contribution in [3.8, 4) is 6.07 Å². The number of rotatable bonds is 6. The zero-order valence-electron chi connectivity index (χ0n) is 14.3. The SMILES string of the molecule is CCOC(=O)C1CCN(C(=O)/C(C#N)=C\NCc2ccccn2)CC1. The van der Waals surface area contributed by atoms with Crippen molar-refractivity contribution in [2.24, 2.45) is 5.92 Å². The maximum absolute atomic E-state index is 12.4. The average molecular weight is 342 g/mol. The third-order valence-corrected chi connectivity index (χ3v) is 4.01. The molecule has 0 saturated carbocycles. The van der Waals surface area contributed by atoms with Crippen molar-refractivity contribution >= 4 is 11.9 Å². The Hall–Kier alpha value is -2.88. The van der Waals surface area contributed by atoms with Gasteiger partial charge in [0.15, 0.2) is 0 Å². The number of amides is 1. The number of aromatic nitrogens is 1. The van der Waals surface area contributed by atoms with E-state index in [9.17, 15) is 14.9 Å². The topological polar surface area (TPSA) is 95.3 Å². The number of pyridine rings is 1. The summed E-state index contributed by atoms with van der Waals surface area (Å²) >= 11 is 0. The summed E-state index contributed by atoms with van der Waals surface area (Å²) in [6.07, 6.45) is 4.23. The van der Waals surface area contributed by atoms with Gasteiger partial charge in [-0.1, -0.05) is 6.07 Å². The Kier molecular flexibility index (Phi) is 6.96. The van der Waals surface area contributed by atoms with Gasteiger partial charge in [-0.15, -0.1) is 0 Å². The van der Waals surface area contributed by atoms with Crippen LogP contribution in [0.3, 0.4) is 0 Å². The molecule has 7 heteroatoms. The molecule has 0 aromatic carbocycles. The third-order valence-electron chi connectivity index (χ3n) is 4.01. The lowest BCUT2D eigenvalue weighted by molar-refractivity contribution is -0.150. The fraction of sp³-hybridized carbons (Fsp3) is 0.444. The van der Waals surface area contributed by atoms with E-state index >= 15 is 0 Å². The monoisotopic (exact) mass is 342 g/mol. The number of carbonyl (C=O) groups is 2. The molecule has 1 aromatic rings. The van der Waals surface area contributed by atoms with E-state index in [0.29, 0.717) is 39.1 Å². The standard InChI is InChI=1S/C18H22N4O3/c1-2-25-18(24)14-6-9-22(10-7-14)17(23)15(11-19)12-20-13-16-5-3-4-8-21-16/h3-5,8,12,14,20H,2,6-7,9-10,13H2,1H3/b15-12-. The van der Waals surface area contributed by atoms with E-state index in [4.69, 9.17) is 4.74 Å².